The fourth-order valence-corrected chi connectivity index (χ4v) is 5.71. The average Bonchev–Trinajstić information content (AvgIpc) is 2.93. The smallest absolute Gasteiger partial charge is 0.264 e. The summed E-state index contributed by atoms with van der Waals surface area (Å²) in [5.74, 6) is -0.697. The van der Waals surface area contributed by atoms with Gasteiger partial charge in [0.25, 0.3) is 10.0 Å². The molecule has 0 aliphatic heterocycles. The first-order valence-electron chi connectivity index (χ1n) is 13.1. The molecule has 0 fully saturated rings. The zero-order chi connectivity index (χ0) is 29.1. The van der Waals surface area contributed by atoms with E-state index in [1.807, 2.05) is 44.2 Å². The SMILES string of the molecule is Cc1ccc(N(CC(=O)Nc2cccc(C(=O)c3ccc(C(C)(C)C)cc3)c2)S(=O)(=O)c2ccccc2)cc1C. The first-order chi connectivity index (χ1) is 18.9. The molecule has 0 atom stereocenters. The average molecular weight is 555 g/mol. The lowest BCUT2D eigenvalue weighted by atomic mass is 9.86. The van der Waals surface area contributed by atoms with Crippen LogP contribution in [0.15, 0.2) is 102 Å². The molecule has 0 aromatic heterocycles. The van der Waals surface area contributed by atoms with Gasteiger partial charge in [-0.1, -0.05) is 81.4 Å². The molecule has 4 rings (SSSR count). The predicted octanol–water partition coefficient (Wildman–Crippen LogP) is 6.67. The number of sulfonamides is 1. The molecule has 0 unspecified atom stereocenters. The van der Waals surface area contributed by atoms with Gasteiger partial charge in [-0.3, -0.25) is 13.9 Å². The Bertz CT molecular complexity index is 1640. The molecular formula is C33H34N2O4S. The van der Waals surface area contributed by atoms with E-state index in [1.165, 1.54) is 12.1 Å². The molecule has 1 N–H and O–H groups in total. The van der Waals surface area contributed by atoms with Crippen molar-refractivity contribution in [3.05, 3.63) is 125 Å². The van der Waals surface area contributed by atoms with Crippen LogP contribution >= 0.6 is 0 Å². The van der Waals surface area contributed by atoms with Crippen molar-refractivity contribution in [1.29, 1.82) is 0 Å². The summed E-state index contributed by atoms with van der Waals surface area (Å²) >= 11 is 0. The Morgan fingerprint density at radius 1 is 0.750 bits per heavy atom. The molecule has 0 saturated carbocycles. The zero-order valence-corrected chi connectivity index (χ0v) is 24.2. The second-order valence-electron chi connectivity index (χ2n) is 10.9. The number of nitrogens with one attached hydrogen (secondary N) is 1. The molecule has 4 aromatic rings. The molecule has 0 aliphatic rings. The van der Waals surface area contributed by atoms with Gasteiger partial charge in [-0.05, 0) is 72.4 Å². The summed E-state index contributed by atoms with van der Waals surface area (Å²) in [6.07, 6.45) is 0. The number of amides is 1. The minimum absolute atomic E-state index is 0.0229. The molecule has 0 radical (unpaired) electrons. The molecule has 1 amide bonds. The molecule has 40 heavy (non-hydrogen) atoms. The van der Waals surface area contributed by atoms with E-state index < -0.39 is 22.5 Å². The standard InChI is InChI=1S/C33H34N2O4S/c1-23-14-19-29(20-24(23)2)35(40(38,39)30-12-7-6-8-13-30)22-31(36)34-28-11-9-10-26(21-28)32(37)25-15-17-27(18-16-25)33(3,4)5/h6-21H,22H2,1-5H3,(H,34,36). The minimum Gasteiger partial charge on any atom is -0.324 e. The number of carbonyl (C=O) groups excluding carboxylic acids is 2. The molecule has 0 aliphatic carbocycles. The van der Waals surface area contributed by atoms with Gasteiger partial charge >= 0.3 is 0 Å². The van der Waals surface area contributed by atoms with E-state index in [-0.39, 0.29) is 16.1 Å². The Morgan fingerprint density at radius 3 is 2.05 bits per heavy atom. The third-order valence-electron chi connectivity index (χ3n) is 6.82. The van der Waals surface area contributed by atoms with Gasteiger partial charge in [0.1, 0.15) is 6.54 Å². The van der Waals surface area contributed by atoms with Crippen LogP contribution < -0.4 is 9.62 Å². The lowest BCUT2D eigenvalue weighted by Gasteiger charge is -2.25. The van der Waals surface area contributed by atoms with Gasteiger partial charge in [0.2, 0.25) is 5.91 Å². The Morgan fingerprint density at radius 2 is 1.43 bits per heavy atom. The van der Waals surface area contributed by atoms with E-state index in [0.29, 0.717) is 22.5 Å². The normalized spacial score (nSPS) is 11.6. The van der Waals surface area contributed by atoms with E-state index >= 15 is 0 Å². The Hall–Kier alpha value is -4.23. The second-order valence-corrected chi connectivity index (χ2v) is 12.7. The minimum atomic E-state index is -4.02. The van der Waals surface area contributed by atoms with Gasteiger partial charge < -0.3 is 5.32 Å². The molecule has 6 nitrogen and oxygen atoms in total. The maximum Gasteiger partial charge on any atom is 0.264 e. The number of anilines is 2. The topological polar surface area (TPSA) is 83.6 Å². The maximum atomic E-state index is 13.6. The highest BCUT2D eigenvalue weighted by atomic mass is 32.2. The summed E-state index contributed by atoms with van der Waals surface area (Å²) in [7, 11) is -4.02. The van der Waals surface area contributed by atoms with Crippen LogP contribution in [0.5, 0.6) is 0 Å². The van der Waals surface area contributed by atoms with E-state index in [4.69, 9.17) is 0 Å². The van der Waals surface area contributed by atoms with E-state index in [0.717, 1.165) is 21.0 Å². The van der Waals surface area contributed by atoms with Crippen LogP contribution in [0, 0.1) is 13.8 Å². The number of hydrogen-bond acceptors (Lipinski definition) is 4. The van der Waals surface area contributed by atoms with Crippen LogP contribution in [0.25, 0.3) is 0 Å². The molecule has 4 aromatic carbocycles. The second kappa shape index (κ2) is 11.5. The highest BCUT2D eigenvalue weighted by Gasteiger charge is 2.27. The van der Waals surface area contributed by atoms with Crippen LogP contribution in [-0.2, 0) is 20.2 Å². The number of rotatable bonds is 8. The van der Waals surface area contributed by atoms with Gasteiger partial charge in [-0.2, -0.15) is 0 Å². The largest absolute Gasteiger partial charge is 0.324 e. The van der Waals surface area contributed by atoms with E-state index in [1.54, 1.807) is 54.6 Å². The first kappa shape index (κ1) is 28.8. The number of nitrogens with zero attached hydrogens (tertiary/aromatic N) is 1. The van der Waals surface area contributed by atoms with Gasteiger partial charge in [-0.25, -0.2) is 8.42 Å². The van der Waals surface area contributed by atoms with Crippen LogP contribution in [0.3, 0.4) is 0 Å². The van der Waals surface area contributed by atoms with Crippen molar-refractivity contribution in [3.8, 4) is 0 Å². The van der Waals surface area contributed by atoms with Gasteiger partial charge in [-0.15, -0.1) is 0 Å². The van der Waals surface area contributed by atoms with E-state index in [2.05, 4.69) is 26.1 Å². The summed E-state index contributed by atoms with van der Waals surface area (Å²) in [6.45, 7) is 9.74. The van der Waals surface area contributed by atoms with Crippen molar-refractivity contribution in [2.45, 2.75) is 44.9 Å². The lowest BCUT2D eigenvalue weighted by Crippen LogP contribution is -2.38. The summed E-state index contributed by atoms with van der Waals surface area (Å²) in [6, 6.07) is 27.5. The fraction of sp³-hybridized carbons (Fsp3) is 0.212. The van der Waals surface area contributed by atoms with Crippen LogP contribution in [-0.4, -0.2) is 26.7 Å². The monoisotopic (exact) mass is 554 g/mol. The Balaban J connectivity index is 1.57. The Labute approximate surface area is 236 Å². The summed E-state index contributed by atoms with van der Waals surface area (Å²) in [5, 5.41) is 2.77. The van der Waals surface area contributed by atoms with Crippen molar-refractivity contribution in [3.63, 3.8) is 0 Å². The molecular weight excluding hydrogens is 520 g/mol. The van der Waals surface area contributed by atoms with Gasteiger partial charge in [0, 0.05) is 16.8 Å². The zero-order valence-electron chi connectivity index (χ0n) is 23.4. The number of ketones is 1. The highest BCUT2D eigenvalue weighted by molar-refractivity contribution is 7.92. The van der Waals surface area contributed by atoms with Crippen LogP contribution in [0.4, 0.5) is 11.4 Å². The fourth-order valence-electron chi connectivity index (χ4n) is 4.27. The molecule has 206 valence electrons. The number of aryl methyl sites for hydroxylation is 2. The predicted molar refractivity (Wildman–Crippen MR) is 161 cm³/mol. The highest BCUT2D eigenvalue weighted by Crippen LogP contribution is 2.27. The number of benzene rings is 4. The number of carbonyl (C=O) groups is 2. The van der Waals surface area contributed by atoms with Crippen LogP contribution in [0.2, 0.25) is 0 Å². The summed E-state index contributed by atoms with van der Waals surface area (Å²) in [4.78, 5) is 26.5. The first-order valence-corrected chi connectivity index (χ1v) is 14.5. The summed E-state index contributed by atoms with van der Waals surface area (Å²) < 4.78 is 28.3. The van der Waals surface area contributed by atoms with Crippen molar-refractivity contribution >= 4 is 33.1 Å². The van der Waals surface area contributed by atoms with Crippen molar-refractivity contribution in [2.75, 3.05) is 16.2 Å². The molecule has 0 saturated heterocycles. The lowest BCUT2D eigenvalue weighted by molar-refractivity contribution is -0.114. The quantitative estimate of drug-likeness (QED) is 0.247. The molecule has 0 spiro atoms. The van der Waals surface area contributed by atoms with Gasteiger partial charge in [0.15, 0.2) is 5.78 Å². The summed E-state index contributed by atoms with van der Waals surface area (Å²) in [5.41, 5.74) is 4.79. The molecule has 7 heteroatoms. The van der Waals surface area contributed by atoms with Crippen molar-refractivity contribution < 1.29 is 18.0 Å². The van der Waals surface area contributed by atoms with Crippen LogP contribution in [0.1, 0.15) is 53.4 Å². The molecule has 0 bridgehead atoms. The van der Waals surface area contributed by atoms with Gasteiger partial charge in [0.05, 0.1) is 10.6 Å². The Kier molecular flexibility index (Phi) is 8.26. The number of hydrogen-bond donors (Lipinski definition) is 1. The van der Waals surface area contributed by atoms with Crippen molar-refractivity contribution in [1.82, 2.24) is 0 Å². The van der Waals surface area contributed by atoms with Crippen molar-refractivity contribution in [2.24, 2.45) is 0 Å². The third-order valence-corrected chi connectivity index (χ3v) is 8.61. The van der Waals surface area contributed by atoms with E-state index in [9.17, 15) is 18.0 Å². The maximum absolute atomic E-state index is 13.6. The third kappa shape index (κ3) is 6.49. The molecule has 0 heterocycles.